The molecule has 25 heavy (non-hydrogen) atoms. The fraction of sp³-hybridized carbons (Fsp3) is 0.409. The van der Waals surface area contributed by atoms with Crippen LogP contribution < -0.4 is 10.1 Å². The lowest BCUT2D eigenvalue weighted by atomic mass is 10.0. The Balaban J connectivity index is 1.66. The van der Waals surface area contributed by atoms with E-state index in [2.05, 4.69) is 49.5 Å². The van der Waals surface area contributed by atoms with E-state index >= 15 is 0 Å². The molecule has 1 amide bonds. The van der Waals surface area contributed by atoms with Gasteiger partial charge in [-0.15, -0.1) is 0 Å². The Bertz CT molecular complexity index is 690. The molecule has 0 aliphatic rings. The van der Waals surface area contributed by atoms with Gasteiger partial charge in [0.05, 0.1) is 0 Å². The highest BCUT2D eigenvalue weighted by atomic mass is 16.5. The van der Waals surface area contributed by atoms with E-state index in [1.165, 1.54) is 16.7 Å². The molecule has 0 radical (unpaired) electrons. The van der Waals surface area contributed by atoms with Crippen LogP contribution in [-0.4, -0.2) is 19.1 Å². The first kappa shape index (κ1) is 19.0. The molecule has 0 bridgehead atoms. The van der Waals surface area contributed by atoms with Crippen molar-refractivity contribution < 1.29 is 9.53 Å². The molecule has 0 unspecified atom stereocenters. The first-order valence-corrected chi connectivity index (χ1v) is 9.01. The highest BCUT2D eigenvalue weighted by molar-refractivity contribution is 5.77. The second-order valence-corrected chi connectivity index (χ2v) is 6.91. The SMILES string of the molecule is Cc1ccc(OCC(=O)NCCCc2ccc(C(C)C)cc2)c(C)c1. The molecule has 0 aliphatic heterocycles. The normalized spacial score (nSPS) is 10.8. The lowest BCUT2D eigenvalue weighted by molar-refractivity contribution is -0.123. The number of rotatable bonds is 8. The summed E-state index contributed by atoms with van der Waals surface area (Å²) in [6.07, 6.45) is 1.90. The van der Waals surface area contributed by atoms with Crippen molar-refractivity contribution in [2.45, 2.75) is 46.5 Å². The van der Waals surface area contributed by atoms with Crippen molar-refractivity contribution >= 4 is 5.91 Å². The zero-order chi connectivity index (χ0) is 18.2. The van der Waals surface area contributed by atoms with Gasteiger partial charge in [-0.1, -0.05) is 55.8 Å². The van der Waals surface area contributed by atoms with Crippen LogP contribution >= 0.6 is 0 Å². The first-order valence-electron chi connectivity index (χ1n) is 9.01. The number of hydrogen-bond acceptors (Lipinski definition) is 2. The van der Waals surface area contributed by atoms with E-state index in [1.54, 1.807) is 0 Å². The highest BCUT2D eigenvalue weighted by Crippen LogP contribution is 2.18. The van der Waals surface area contributed by atoms with Crippen LogP contribution in [0.2, 0.25) is 0 Å². The Hall–Kier alpha value is -2.29. The Morgan fingerprint density at radius 1 is 1.08 bits per heavy atom. The zero-order valence-corrected chi connectivity index (χ0v) is 15.8. The van der Waals surface area contributed by atoms with Crippen LogP contribution in [0.4, 0.5) is 0 Å². The fourth-order valence-electron chi connectivity index (χ4n) is 2.75. The summed E-state index contributed by atoms with van der Waals surface area (Å²) in [4.78, 5) is 11.9. The summed E-state index contributed by atoms with van der Waals surface area (Å²) in [5.41, 5.74) is 4.92. The van der Waals surface area contributed by atoms with Gasteiger partial charge < -0.3 is 10.1 Å². The van der Waals surface area contributed by atoms with Crippen molar-refractivity contribution in [3.8, 4) is 5.75 Å². The van der Waals surface area contributed by atoms with E-state index < -0.39 is 0 Å². The predicted octanol–water partition coefficient (Wildman–Crippen LogP) is 4.55. The number of aryl methyl sites for hydroxylation is 3. The Morgan fingerprint density at radius 2 is 1.80 bits per heavy atom. The van der Waals surface area contributed by atoms with Crippen molar-refractivity contribution in [3.05, 3.63) is 64.7 Å². The summed E-state index contributed by atoms with van der Waals surface area (Å²) in [5.74, 6) is 1.26. The number of nitrogens with one attached hydrogen (secondary N) is 1. The lowest BCUT2D eigenvalue weighted by Gasteiger charge is -2.10. The first-order chi connectivity index (χ1) is 12.0. The van der Waals surface area contributed by atoms with Gasteiger partial charge in [0.1, 0.15) is 5.75 Å². The minimum atomic E-state index is -0.0740. The molecule has 0 heterocycles. The molecule has 0 atom stereocenters. The van der Waals surface area contributed by atoms with Gasteiger partial charge in [0.2, 0.25) is 0 Å². The third-order valence-corrected chi connectivity index (χ3v) is 4.30. The maximum Gasteiger partial charge on any atom is 0.257 e. The molecule has 0 fully saturated rings. The molecule has 2 aromatic rings. The third-order valence-electron chi connectivity index (χ3n) is 4.30. The number of carbonyl (C=O) groups is 1. The summed E-state index contributed by atoms with van der Waals surface area (Å²) < 4.78 is 5.59. The molecule has 0 saturated carbocycles. The van der Waals surface area contributed by atoms with Crippen LogP contribution in [0.3, 0.4) is 0 Å². The third kappa shape index (κ3) is 6.26. The van der Waals surface area contributed by atoms with Crippen molar-refractivity contribution in [2.24, 2.45) is 0 Å². The molecular formula is C22H29NO2. The van der Waals surface area contributed by atoms with Crippen LogP contribution in [0, 0.1) is 13.8 Å². The fourth-order valence-corrected chi connectivity index (χ4v) is 2.75. The summed E-state index contributed by atoms with van der Waals surface area (Å²) in [7, 11) is 0. The Labute approximate surface area is 151 Å². The second-order valence-electron chi connectivity index (χ2n) is 6.91. The van der Waals surface area contributed by atoms with Crippen molar-refractivity contribution in [1.82, 2.24) is 5.32 Å². The van der Waals surface area contributed by atoms with E-state index in [0.29, 0.717) is 12.5 Å². The maximum atomic E-state index is 11.9. The van der Waals surface area contributed by atoms with Gasteiger partial charge in [-0.25, -0.2) is 0 Å². The quantitative estimate of drug-likeness (QED) is 0.716. The van der Waals surface area contributed by atoms with E-state index in [-0.39, 0.29) is 12.5 Å². The molecule has 3 heteroatoms. The number of amides is 1. The smallest absolute Gasteiger partial charge is 0.257 e. The number of hydrogen-bond donors (Lipinski definition) is 1. The topological polar surface area (TPSA) is 38.3 Å². The molecular weight excluding hydrogens is 310 g/mol. The molecule has 0 aliphatic carbocycles. The van der Waals surface area contributed by atoms with E-state index in [0.717, 1.165) is 24.2 Å². The summed E-state index contributed by atoms with van der Waals surface area (Å²) in [6.45, 7) is 9.16. The van der Waals surface area contributed by atoms with Gasteiger partial charge in [0.15, 0.2) is 6.61 Å². The zero-order valence-electron chi connectivity index (χ0n) is 15.8. The van der Waals surface area contributed by atoms with Crippen molar-refractivity contribution in [3.63, 3.8) is 0 Å². The van der Waals surface area contributed by atoms with Gasteiger partial charge in [0.25, 0.3) is 5.91 Å². The monoisotopic (exact) mass is 339 g/mol. The molecule has 134 valence electrons. The molecule has 1 N–H and O–H groups in total. The number of ether oxygens (including phenoxy) is 1. The van der Waals surface area contributed by atoms with E-state index in [1.807, 2.05) is 26.0 Å². The van der Waals surface area contributed by atoms with Gasteiger partial charge in [-0.05, 0) is 55.4 Å². The van der Waals surface area contributed by atoms with Gasteiger partial charge in [-0.2, -0.15) is 0 Å². The van der Waals surface area contributed by atoms with E-state index in [4.69, 9.17) is 4.74 Å². The minimum Gasteiger partial charge on any atom is -0.484 e. The van der Waals surface area contributed by atoms with Crippen LogP contribution in [-0.2, 0) is 11.2 Å². The van der Waals surface area contributed by atoms with Gasteiger partial charge >= 0.3 is 0 Å². The molecule has 3 nitrogen and oxygen atoms in total. The average Bonchev–Trinajstić information content (AvgIpc) is 2.58. The largest absolute Gasteiger partial charge is 0.484 e. The summed E-state index contributed by atoms with van der Waals surface area (Å²) >= 11 is 0. The summed E-state index contributed by atoms with van der Waals surface area (Å²) in [6, 6.07) is 14.7. The summed E-state index contributed by atoms with van der Waals surface area (Å²) in [5, 5.41) is 2.92. The number of benzene rings is 2. The maximum absolute atomic E-state index is 11.9. The number of carbonyl (C=O) groups excluding carboxylic acids is 1. The highest BCUT2D eigenvalue weighted by Gasteiger charge is 2.05. The van der Waals surface area contributed by atoms with Gasteiger partial charge in [-0.3, -0.25) is 4.79 Å². The van der Waals surface area contributed by atoms with Crippen LogP contribution in [0.1, 0.15) is 48.4 Å². The second kappa shape index (κ2) is 9.26. The van der Waals surface area contributed by atoms with Crippen molar-refractivity contribution in [2.75, 3.05) is 13.2 Å². The molecule has 0 spiro atoms. The van der Waals surface area contributed by atoms with Crippen molar-refractivity contribution in [1.29, 1.82) is 0 Å². The van der Waals surface area contributed by atoms with Crippen LogP contribution in [0.15, 0.2) is 42.5 Å². The minimum absolute atomic E-state index is 0.0625. The molecule has 2 rings (SSSR count). The van der Waals surface area contributed by atoms with Gasteiger partial charge in [0, 0.05) is 6.54 Å². The molecule has 0 aromatic heterocycles. The van der Waals surface area contributed by atoms with E-state index in [9.17, 15) is 4.79 Å². The lowest BCUT2D eigenvalue weighted by Crippen LogP contribution is -2.30. The molecule has 2 aromatic carbocycles. The Morgan fingerprint density at radius 3 is 2.44 bits per heavy atom. The van der Waals surface area contributed by atoms with Crippen LogP contribution in [0.5, 0.6) is 5.75 Å². The molecule has 0 saturated heterocycles. The predicted molar refractivity (Wildman–Crippen MR) is 103 cm³/mol. The average molecular weight is 339 g/mol. The standard InChI is InChI=1S/C22H29NO2/c1-16(2)20-10-8-19(9-11-20)6-5-13-23-22(24)15-25-21-12-7-17(3)14-18(21)4/h7-12,14,16H,5-6,13,15H2,1-4H3,(H,23,24). The Kier molecular flexibility index (Phi) is 7.05. The van der Waals surface area contributed by atoms with Crippen LogP contribution in [0.25, 0.3) is 0 Å².